The summed E-state index contributed by atoms with van der Waals surface area (Å²) in [5.74, 6) is 1.37. The number of carbonyl (C=O) groups excluding carboxylic acids is 1. The number of aryl methyl sites for hydroxylation is 1. The quantitative estimate of drug-likeness (QED) is 0.844. The molecule has 4 heteroatoms. The van der Waals surface area contributed by atoms with Crippen molar-refractivity contribution < 1.29 is 9.53 Å². The average molecular weight is 262 g/mol. The first-order valence-electron chi connectivity index (χ1n) is 6.92. The molecular formula is C15H22N2O2. The van der Waals surface area contributed by atoms with Crippen molar-refractivity contribution in [3.05, 3.63) is 29.8 Å². The van der Waals surface area contributed by atoms with E-state index in [2.05, 4.69) is 19.1 Å². The van der Waals surface area contributed by atoms with Crippen molar-refractivity contribution >= 4 is 5.91 Å². The molecule has 1 aromatic rings. The van der Waals surface area contributed by atoms with Gasteiger partial charge in [-0.25, -0.2) is 0 Å². The van der Waals surface area contributed by atoms with Crippen molar-refractivity contribution in [1.82, 2.24) is 4.90 Å². The molecule has 1 unspecified atom stereocenters. The van der Waals surface area contributed by atoms with E-state index in [1.807, 2.05) is 17.0 Å². The lowest BCUT2D eigenvalue weighted by atomic mass is 10.1. The lowest BCUT2D eigenvalue weighted by Gasteiger charge is -2.16. The van der Waals surface area contributed by atoms with Crippen molar-refractivity contribution in [3.63, 3.8) is 0 Å². The summed E-state index contributed by atoms with van der Waals surface area (Å²) in [4.78, 5) is 13.5. The summed E-state index contributed by atoms with van der Waals surface area (Å²) in [5, 5.41) is 0. The number of ether oxygens (including phenoxy) is 1. The van der Waals surface area contributed by atoms with Crippen LogP contribution in [0.15, 0.2) is 24.3 Å². The Hall–Kier alpha value is -1.55. The third kappa shape index (κ3) is 3.70. The second kappa shape index (κ2) is 6.57. The minimum Gasteiger partial charge on any atom is -0.492 e. The topological polar surface area (TPSA) is 55.6 Å². The van der Waals surface area contributed by atoms with E-state index in [-0.39, 0.29) is 5.91 Å². The molecule has 0 aromatic heterocycles. The minimum absolute atomic E-state index is 0.195. The number of nitrogens with zero attached hydrogens (tertiary/aromatic N) is 1. The maximum Gasteiger partial charge on any atom is 0.223 e. The summed E-state index contributed by atoms with van der Waals surface area (Å²) in [6.07, 6.45) is 1.62. The van der Waals surface area contributed by atoms with E-state index in [1.54, 1.807) is 0 Å². The van der Waals surface area contributed by atoms with E-state index in [1.165, 1.54) is 5.56 Å². The highest BCUT2D eigenvalue weighted by Gasteiger charge is 2.27. The summed E-state index contributed by atoms with van der Waals surface area (Å²) >= 11 is 0. The first-order valence-corrected chi connectivity index (χ1v) is 6.92. The molecule has 1 amide bonds. The molecule has 1 atom stereocenters. The third-order valence-electron chi connectivity index (χ3n) is 3.59. The van der Waals surface area contributed by atoms with Gasteiger partial charge in [-0.15, -0.1) is 0 Å². The average Bonchev–Trinajstić information content (AvgIpc) is 2.80. The van der Waals surface area contributed by atoms with E-state index in [9.17, 15) is 4.79 Å². The highest BCUT2D eigenvalue weighted by atomic mass is 16.5. The molecule has 0 radical (unpaired) electrons. The van der Waals surface area contributed by atoms with Crippen molar-refractivity contribution in [3.8, 4) is 5.75 Å². The summed E-state index contributed by atoms with van der Waals surface area (Å²) < 4.78 is 5.66. The Labute approximate surface area is 114 Å². The molecule has 0 aliphatic carbocycles. The fourth-order valence-electron chi connectivity index (χ4n) is 2.32. The summed E-state index contributed by atoms with van der Waals surface area (Å²) in [6, 6.07) is 8.10. The second-order valence-electron chi connectivity index (χ2n) is 4.99. The van der Waals surface area contributed by atoms with Gasteiger partial charge in [0, 0.05) is 13.0 Å². The normalized spacial score (nSPS) is 18.9. The molecule has 0 saturated carbocycles. The Balaban J connectivity index is 1.75. The van der Waals surface area contributed by atoms with Crippen LogP contribution in [0.3, 0.4) is 0 Å². The molecule has 4 nitrogen and oxygen atoms in total. The van der Waals surface area contributed by atoms with Crippen LogP contribution in [0.1, 0.15) is 18.9 Å². The fraction of sp³-hybridized carbons (Fsp3) is 0.533. The number of benzene rings is 1. The number of amides is 1. The Morgan fingerprint density at radius 3 is 2.68 bits per heavy atom. The second-order valence-corrected chi connectivity index (χ2v) is 4.99. The van der Waals surface area contributed by atoms with Crippen LogP contribution in [0.5, 0.6) is 5.75 Å². The van der Waals surface area contributed by atoms with E-state index < -0.39 is 0 Å². The van der Waals surface area contributed by atoms with Crippen molar-refractivity contribution in [2.24, 2.45) is 11.7 Å². The molecule has 1 heterocycles. The molecule has 1 saturated heterocycles. The molecule has 1 aromatic carbocycles. The zero-order valence-corrected chi connectivity index (χ0v) is 11.5. The molecule has 104 valence electrons. The minimum atomic E-state index is 0.195. The summed E-state index contributed by atoms with van der Waals surface area (Å²) in [5.41, 5.74) is 6.89. The molecule has 19 heavy (non-hydrogen) atoms. The van der Waals surface area contributed by atoms with Gasteiger partial charge in [-0.2, -0.15) is 0 Å². The Morgan fingerprint density at radius 1 is 1.37 bits per heavy atom. The van der Waals surface area contributed by atoms with Gasteiger partial charge >= 0.3 is 0 Å². The van der Waals surface area contributed by atoms with E-state index in [0.717, 1.165) is 18.7 Å². The first-order chi connectivity index (χ1) is 9.22. The zero-order chi connectivity index (χ0) is 13.7. The number of hydrogen-bond donors (Lipinski definition) is 1. The van der Waals surface area contributed by atoms with Crippen LogP contribution in [-0.2, 0) is 11.2 Å². The maximum absolute atomic E-state index is 11.7. The van der Waals surface area contributed by atoms with Gasteiger partial charge in [-0.3, -0.25) is 4.79 Å². The van der Waals surface area contributed by atoms with E-state index >= 15 is 0 Å². The molecule has 1 aliphatic rings. The number of rotatable bonds is 6. The molecule has 0 bridgehead atoms. The Kier molecular flexibility index (Phi) is 4.80. The lowest BCUT2D eigenvalue weighted by molar-refractivity contribution is -0.128. The van der Waals surface area contributed by atoms with Crippen LogP contribution in [-0.4, -0.2) is 37.0 Å². The smallest absolute Gasteiger partial charge is 0.223 e. The number of carbonyl (C=O) groups is 1. The first kappa shape index (κ1) is 13.9. The highest BCUT2D eigenvalue weighted by molar-refractivity contribution is 5.78. The van der Waals surface area contributed by atoms with Crippen LogP contribution in [0.2, 0.25) is 0 Å². The SMILES string of the molecule is CCc1ccc(OCCN2CC(CN)CC2=O)cc1. The van der Waals surface area contributed by atoms with Gasteiger partial charge in [0.25, 0.3) is 0 Å². The molecular weight excluding hydrogens is 240 g/mol. The number of hydrogen-bond acceptors (Lipinski definition) is 3. The van der Waals surface area contributed by atoms with Gasteiger partial charge < -0.3 is 15.4 Å². The largest absolute Gasteiger partial charge is 0.492 e. The highest BCUT2D eigenvalue weighted by Crippen LogP contribution is 2.17. The van der Waals surface area contributed by atoms with Gasteiger partial charge in [0.05, 0.1) is 6.54 Å². The number of likely N-dealkylation sites (tertiary alicyclic amines) is 1. The number of nitrogens with two attached hydrogens (primary N) is 1. The van der Waals surface area contributed by atoms with Gasteiger partial charge in [-0.05, 0) is 36.6 Å². The van der Waals surface area contributed by atoms with E-state index in [4.69, 9.17) is 10.5 Å². The maximum atomic E-state index is 11.7. The Bertz CT molecular complexity index is 417. The van der Waals surface area contributed by atoms with Gasteiger partial charge in [0.1, 0.15) is 12.4 Å². The third-order valence-corrected chi connectivity index (χ3v) is 3.59. The van der Waals surface area contributed by atoms with Crippen LogP contribution in [0.4, 0.5) is 0 Å². The molecule has 2 N–H and O–H groups in total. The van der Waals surface area contributed by atoms with Crippen LogP contribution >= 0.6 is 0 Å². The predicted molar refractivity (Wildman–Crippen MR) is 75.1 cm³/mol. The standard InChI is InChI=1S/C15H22N2O2/c1-2-12-3-5-14(6-4-12)19-8-7-17-11-13(10-16)9-15(17)18/h3-6,13H,2,7-11,16H2,1H3. The van der Waals surface area contributed by atoms with Gasteiger partial charge in [0.15, 0.2) is 0 Å². The fourth-order valence-corrected chi connectivity index (χ4v) is 2.32. The molecule has 1 fully saturated rings. The monoisotopic (exact) mass is 262 g/mol. The van der Waals surface area contributed by atoms with Crippen LogP contribution in [0, 0.1) is 5.92 Å². The van der Waals surface area contributed by atoms with Crippen molar-refractivity contribution in [2.45, 2.75) is 19.8 Å². The molecule has 0 spiro atoms. The van der Waals surface area contributed by atoms with Crippen LogP contribution < -0.4 is 10.5 Å². The lowest BCUT2D eigenvalue weighted by Crippen LogP contribution is -2.30. The predicted octanol–water partition coefficient (Wildman–Crippen LogP) is 1.43. The summed E-state index contributed by atoms with van der Waals surface area (Å²) in [7, 11) is 0. The summed E-state index contributed by atoms with van der Waals surface area (Å²) in [6.45, 7) is 4.66. The zero-order valence-electron chi connectivity index (χ0n) is 11.5. The van der Waals surface area contributed by atoms with Crippen molar-refractivity contribution in [2.75, 3.05) is 26.2 Å². The molecule has 2 rings (SSSR count). The molecule has 1 aliphatic heterocycles. The Morgan fingerprint density at radius 2 is 2.11 bits per heavy atom. The van der Waals surface area contributed by atoms with E-state index in [0.29, 0.717) is 32.0 Å². The van der Waals surface area contributed by atoms with Gasteiger partial charge in [-0.1, -0.05) is 19.1 Å². The van der Waals surface area contributed by atoms with Crippen molar-refractivity contribution in [1.29, 1.82) is 0 Å². The van der Waals surface area contributed by atoms with Gasteiger partial charge in [0.2, 0.25) is 5.91 Å². The van der Waals surface area contributed by atoms with Crippen LogP contribution in [0.25, 0.3) is 0 Å².